The van der Waals surface area contributed by atoms with Crippen LogP contribution >= 0.6 is 0 Å². The maximum absolute atomic E-state index is 5.49. The number of rotatable bonds is 16. The van der Waals surface area contributed by atoms with Gasteiger partial charge in [-0.25, -0.2) is 0 Å². The molecule has 0 heterocycles. The molecular formula is C16H38N2O6+2. The monoisotopic (exact) mass is 354 g/mol. The van der Waals surface area contributed by atoms with E-state index in [-0.39, 0.29) is 6.04 Å². The van der Waals surface area contributed by atoms with Crippen LogP contribution in [0.2, 0.25) is 0 Å². The van der Waals surface area contributed by atoms with E-state index in [0.717, 1.165) is 19.3 Å². The number of hydrogen-bond donors (Lipinski definition) is 0. The average molecular weight is 354 g/mol. The molecule has 0 aromatic carbocycles. The van der Waals surface area contributed by atoms with Gasteiger partial charge in [0.15, 0.2) is 0 Å². The summed E-state index contributed by atoms with van der Waals surface area (Å²) in [5, 5.41) is 0. The van der Waals surface area contributed by atoms with Crippen molar-refractivity contribution in [2.75, 3.05) is 49.2 Å². The van der Waals surface area contributed by atoms with Gasteiger partial charge in [0, 0.05) is 6.42 Å². The fourth-order valence-corrected chi connectivity index (χ4v) is 2.89. The van der Waals surface area contributed by atoms with Crippen molar-refractivity contribution in [3.8, 4) is 0 Å². The standard InChI is InChI=1S/C16H38N2O6/c1-8-9-10-11-12-13-14-16(18(22-5,23-6)24-7)15-17(19-2,20-3)21-4/h16H,8-15H2,1-7H3/q+2. The van der Waals surface area contributed by atoms with Gasteiger partial charge in [-0.15, -0.1) is 29.0 Å². The Bertz CT molecular complexity index is 282. The second-order valence-corrected chi connectivity index (χ2v) is 5.64. The van der Waals surface area contributed by atoms with Crippen LogP contribution in [0.3, 0.4) is 0 Å². The highest BCUT2D eigenvalue weighted by molar-refractivity contribution is 4.55. The molecule has 0 amide bonds. The van der Waals surface area contributed by atoms with Crippen LogP contribution in [-0.2, 0) is 29.0 Å². The van der Waals surface area contributed by atoms with Crippen LogP contribution in [-0.4, -0.2) is 65.2 Å². The highest BCUT2D eigenvalue weighted by Crippen LogP contribution is 2.25. The van der Waals surface area contributed by atoms with Gasteiger partial charge in [-0.3, -0.25) is 0 Å². The predicted octanol–water partition coefficient (Wildman–Crippen LogP) is 3.11. The maximum Gasteiger partial charge on any atom is 0.245 e. The van der Waals surface area contributed by atoms with E-state index in [4.69, 9.17) is 29.0 Å². The summed E-state index contributed by atoms with van der Waals surface area (Å²) in [4.78, 5) is 31.7. The molecule has 0 aliphatic carbocycles. The molecule has 0 rings (SSSR count). The molecule has 8 heteroatoms. The molecule has 24 heavy (non-hydrogen) atoms. The molecule has 0 spiro atoms. The van der Waals surface area contributed by atoms with Crippen LogP contribution in [0.5, 0.6) is 0 Å². The van der Waals surface area contributed by atoms with E-state index in [0.29, 0.717) is 6.54 Å². The van der Waals surface area contributed by atoms with E-state index in [2.05, 4.69) is 6.92 Å². The second kappa shape index (κ2) is 13.0. The Labute approximate surface area is 147 Å². The van der Waals surface area contributed by atoms with Crippen molar-refractivity contribution in [2.24, 2.45) is 0 Å². The first kappa shape index (κ1) is 23.7. The summed E-state index contributed by atoms with van der Waals surface area (Å²) in [6.45, 7) is 2.56. The second-order valence-electron chi connectivity index (χ2n) is 5.64. The van der Waals surface area contributed by atoms with Gasteiger partial charge < -0.3 is 0 Å². The zero-order valence-electron chi connectivity index (χ0n) is 16.6. The van der Waals surface area contributed by atoms with Crippen LogP contribution in [0.25, 0.3) is 0 Å². The SMILES string of the molecule is CCCCCCCCC(C[N+](OC)(OC)OC)[N+](OC)(OC)OC. The molecule has 0 radical (unpaired) electrons. The number of unbranched alkanes of at least 4 members (excludes halogenated alkanes) is 5. The summed E-state index contributed by atoms with van der Waals surface area (Å²) in [7, 11) is 9.20. The van der Waals surface area contributed by atoms with Crippen LogP contribution < -0.4 is 0 Å². The normalized spacial score (nSPS) is 14.1. The lowest BCUT2D eigenvalue weighted by Crippen LogP contribution is -2.61. The average Bonchev–Trinajstić information content (AvgIpc) is 2.63. The molecule has 0 saturated heterocycles. The fraction of sp³-hybridized carbons (Fsp3) is 1.00. The van der Waals surface area contributed by atoms with E-state index >= 15 is 0 Å². The molecule has 0 N–H and O–H groups in total. The third-order valence-corrected chi connectivity index (χ3v) is 4.37. The zero-order valence-corrected chi connectivity index (χ0v) is 16.6. The highest BCUT2D eigenvalue weighted by atomic mass is 17.2. The van der Waals surface area contributed by atoms with Gasteiger partial charge in [-0.1, -0.05) is 39.0 Å². The smallest absolute Gasteiger partial charge is 0.135 e. The van der Waals surface area contributed by atoms with Gasteiger partial charge in [-0.05, 0) is 6.42 Å². The molecule has 1 unspecified atom stereocenters. The minimum atomic E-state index is -0.434. The first-order valence-electron chi connectivity index (χ1n) is 8.64. The van der Waals surface area contributed by atoms with Crippen LogP contribution in [0.1, 0.15) is 51.9 Å². The van der Waals surface area contributed by atoms with Crippen molar-refractivity contribution < 1.29 is 39.0 Å². The van der Waals surface area contributed by atoms with Crippen molar-refractivity contribution in [3.05, 3.63) is 0 Å². The first-order chi connectivity index (χ1) is 11.5. The van der Waals surface area contributed by atoms with Gasteiger partial charge in [0.25, 0.3) is 0 Å². The quantitative estimate of drug-likeness (QED) is 0.241. The number of hydrogen-bond acceptors (Lipinski definition) is 6. The van der Waals surface area contributed by atoms with Gasteiger partial charge in [0.2, 0.25) is 12.6 Å². The number of quaternary nitrogens is 2. The molecule has 0 saturated carbocycles. The molecule has 1 atom stereocenters. The molecule has 0 aliphatic heterocycles. The van der Waals surface area contributed by atoms with Crippen LogP contribution in [0, 0.1) is 0 Å². The third kappa shape index (κ3) is 6.89. The molecule has 8 nitrogen and oxygen atoms in total. The van der Waals surface area contributed by atoms with E-state index in [9.17, 15) is 0 Å². The Kier molecular flexibility index (Phi) is 12.8. The molecular weight excluding hydrogens is 316 g/mol. The maximum atomic E-state index is 5.49. The van der Waals surface area contributed by atoms with Crippen LogP contribution in [0.4, 0.5) is 0 Å². The molecule has 0 aromatic rings. The van der Waals surface area contributed by atoms with Gasteiger partial charge in [-0.2, -0.15) is 0 Å². The van der Waals surface area contributed by atoms with E-state index in [1.165, 1.54) is 47.0 Å². The third-order valence-electron chi connectivity index (χ3n) is 4.37. The van der Waals surface area contributed by atoms with Gasteiger partial charge >= 0.3 is 0 Å². The Hall–Kier alpha value is -0.320. The van der Waals surface area contributed by atoms with E-state index in [1.807, 2.05) is 0 Å². The molecule has 146 valence electrons. The Morgan fingerprint density at radius 1 is 0.625 bits per heavy atom. The van der Waals surface area contributed by atoms with E-state index < -0.39 is 9.95 Å². The predicted molar refractivity (Wildman–Crippen MR) is 89.2 cm³/mol. The van der Waals surface area contributed by atoms with Gasteiger partial charge in [0.1, 0.15) is 52.6 Å². The minimum Gasteiger partial charge on any atom is -0.135 e. The molecule has 0 fully saturated rings. The Balaban J connectivity index is 4.95. The largest absolute Gasteiger partial charge is 0.245 e. The zero-order chi connectivity index (χ0) is 18.5. The van der Waals surface area contributed by atoms with Gasteiger partial charge in [0.05, 0.1) is 0 Å². The van der Waals surface area contributed by atoms with Crippen molar-refractivity contribution in [2.45, 2.75) is 57.9 Å². The van der Waals surface area contributed by atoms with Crippen molar-refractivity contribution in [3.63, 3.8) is 0 Å². The summed E-state index contributed by atoms with van der Waals surface area (Å²) in [6.07, 6.45) is 8.03. The summed E-state index contributed by atoms with van der Waals surface area (Å²) < 4.78 is 0. The lowest BCUT2D eigenvalue weighted by Gasteiger charge is -2.35. The first-order valence-corrected chi connectivity index (χ1v) is 8.64. The van der Waals surface area contributed by atoms with Crippen molar-refractivity contribution in [1.82, 2.24) is 0 Å². The lowest BCUT2D eigenvalue weighted by atomic mass is 10.1. The summed E-state index contributed by atoms with van der Waals surface area (Å²) in [5.74, 6) is 0. The lowest BCUT2D eigenvalue weighted by molar-refractivity contribution is -1.40. The topological polar surface area (TPSA) is 55.4 Å². The van der Waals surface area contributed by atoms with Crippen molar-refractivity contribution in [1.29, 1.82) is 0 Å². The highest BCUT2D eigenvalue weighted by Gasteiger charge is 2.50. The summed E-state index contributed by atoms with van der Waals surface area (Å²) in [6, 6.07) is -0.198. The van der Waals surface area contributed by atoms with E-state index in [1.54, 1.807) is 21.3 Å². The molecule has 0 bridgehead atoms. The Morgan fingerprint density at radius 3 is 1.50 bits per heavy atom. The minimum absolute atomic E-state index is 0.198. The fourth-order valence-electron chi connectivity index (χ4n) is 2.89. The number of nitrogens with zero attached hydrogens (tertiary/aromatic N) is 2. The Morgan fingerprint density at radius 2 is 1.08 bits per heavy atom. The summed E-state index contributed by atoms with van der Waals surface area (Å²) in [5.41, 5.74) is 0. The molecule has 0 aromatic heterocycles. The summed E-state index contributed by atoms with van der Waals surface area (Å²) >= 11 is 0. The van der Waals surface area contributed by atoms with Crippen molar-refractivity contribution >= 4 is 0 Å². The molecule has 0 aliphatic rings. The number of hydroxylamine groups is 6. The van der Waals surface area contributed by atoms with Crippen LogP contribution in [0.15, 0.2) is 0 Å².